The molecule has 1 aromatic rings. The van der Waals surface area contributed by atoms with Crippen molar-refractivity contribution in [2.45, 2.75) is 19.8 Å². The molecular formula is C16H22N2O4. The van der Waals surface area contributed by atoms with E-state index < -0.39 is 11.9 Å². The minimum absolute atomic E-state index is 0.187. The summed E-state index contributed by atoms with van der Waals surface area (Å²) in [7, 11) is 0. The number of phenolic OH excluding ortho intramolecular Hbond substituents is 1. The summed E-state index contributed by atoms with van der Waals surface area (Å²) in [5.74, 6) is -0.936. The standard InChI is InChI=1S/C16H22N2O4/c1-11-7-13(15(20)21)10-18(9-11)16(22)17-6-5-12-3-2-4-14(19)8-12/h2-4,8,11,13,19H,5-7,9-10H2,1H3,(H,17,22)(H,20,21). The number of likely N-dealkylation sites (tertiary alicyclic amines) is 1. The van der Waals surface area contributed by atoms with Gasteiger partial charge in [-0.05, 0) is 36.5 Å². The van der Waals surface area contributed by atoms with Gasteiger partial charge in [-0.1, -0.05) is 19.1 Å². The summed E-state index contributed by atoms with van der Waals surface area (Å²) >= 11 is 0. The van der Waals surface area contributed by atoms with Crippen LogP contribution in [0.2, 0.25) is 0 Å². The zero-order chi connectivity index (χ0) is 16.1. The number of rotatable bonds is 4. The van der Waals surface area contributed by atoms with E-state index in [0.29, 0.717) is 25.9 Å². The van der Waals surface area contributed by atoms with Crippen molar-refractivity contribution >= 4 is 12.0 Å². The zero-order valence-corrected chi connectivity index (χ0v) is 12.7. The van der Waals surface area contributed by atoms with E-state index in [1.807, 2.05) is 13.0 Å². The average Bonchev–Trinajstić information content (AvgIpc) is 2.46. The van der Waals surface area contributed by atoms with Crippen LogP contribution in [0.15, 0.2) is 24.3 Å². The summed E-state index contributed by atoms with van der Waals surface area (Å²) < 4.78 is 0. The Hall–Kier alpha value is -2.24. The van der Waals surface area contributed by atoms with Crippen LogP contribution >= 0.6 is 0 Å². The number of piperidine rings is 1. The Balaban J connectivity index is 1.82. The first kappa shape index (κ1) is 16.1. The van der Waals surface area contributed by atoms with Crippen LogP contribution in [0.4, 0.5) is 4.79 Å². The molecule has 1 aliphatic heterocycles. The van der Waals surface area contributed by atoms with Crippen molar-refractivity contribution in [1.82, 2.24) is 10.2 Å². The SMILES string of the molecule is CC1CC(C(=O)O)CN(C(=O)NCCc2cccc(O)c2)C1. The number of aliphatic carboxylic acids is 1. The van der Waals surface area contributed by atoms with E-state index in [-0.39, 0.29) is 24.2 Å². The number of nitrogens with zero attached hydrogens (tertiary/aromatic N) is 1. The van der Waals surface area contributed by atoms with Gasteiger partial charge < -0.3 is 20.4 Å². The number of carboxylic acids is 1. The highest BCUT2D eigenvalue weighted by Crippen LogP contribution is 2.21. The number of phenols is 1. The fourth-order valence-electron chi connectivity index (χ4n) is 2.83. The van der Waals surface area contributed by atoms with Crippen LogP contribution in [0.1, 0.15) is 18.9 Å². The topological polar surface area (TPSA) is 89.9 Å². The monoisotopic (exact) mass is 306 g/mol. The van der Waals surface area contributed by atoms with Gasteiger partial charge in [0.25, 0.3) is 0 Å². The van der Waals surface area contributed by atoms with Crippen molar-refractivity contribution < 1.29 is 19.8 Å². The van der Waals surface area contributed by atoms with E-state index >= 15 is 0 Å². The normalized spacial score (nSPS) is 21.4. The molecule has 1 aliphatic rings. The highest BCUT2D eigenvalue weighted by Gasteiger charge is 2.31. The first-order valence-electron chi connectivity index (χ1n) is 7.49. The third kappa shape index (κ3) is 4.38. The minimum atomic E-state index is -0.843. The quantitative estimate of drug-likeness (QED) is 0.789. The summed E-state index contributed by atoms with van der Waals surface area (Å²) in [6, 6.07) is 6.68. The number of nitrogens with one attached hydrogen (secondary N) is 1. The lowest BCUT2D eigenvalue weighted by atomic mass is 9.91. The fourth-order valence-corrected chi connectivity index (χ4v) is 2.83. The van der Waals surface area contributed by atoms with Gasteiger partial charge in [-0.3, -0.25) is 4.79 Å². The highest BCUT2D eigenvalue weighted by molar-refractivity contribution is 5.76. The Labute approximate surface area is 129 Å². The van der Waals surface area contributed by atoms with Gasteiger partial charge in [0.15, 0.2) is 0 Å². The molecule has 3 N–H and O–H groups in total. The van der Waals surface area contributed by atoms with Gasteiger partial charge >= 0.3 is 12.0 Å². The molecule has 0 spiro atoms. The molecule has 2 atom stereocenters. The third-order valence-corrected chi connectivity index (χ3v) is 3.90. The van der Waals surface area contributed by atoms with Crippen molar-refractivity contribution in [3.63, 3.8) is 0 Å². The number of hydrogen-bond acceptors (Lipinski definition) is 3. The van der Waals surface area contributed by atoms with Gasteiger partial charge in [0.1, 0.15) is 5.75 Å². The Bertz CT molecular complexity index is 547. The van der Waals surface area contributed by atoms with E-state index in [9.17, 15) is 14.7 Å². The second-order valence-electron chi connectivity index (χ2n) is 5.93. The molecule has 1 aromatic carbocycles. The lowest BCUT2D eigenvalue weighted by molar-refractivity contribution is -0.143. The van der Waals surface area contributed by atoms with E-state index in [2.05, 4.69) is 5.32 Å². The number of carbonyl (C=O) groups is 2. The molecule has 6 nitrogen and oxygen atoms in total. The Morgan fingerprint density at radius 1 is 1.36 bits per heavy atom. The lowest BCUT2D eigenvalue weighted by Crippen LogP contribution is -2.49. The molecular weight excluding hydrogens is 284 g/mol. The first-order chi connectivity index (χ1) is 10.5. The largest absolute Gasteiger partial charge is 0.508 e. The summed E-state index contributed by atoms with van der Waals surface area (Å²) in [6.45, 7) is 3.26. The van der Waals surface area contributed by atoms with Crippen molar-refractivity contribution in [2.75, 3.05) is 19.6 Å². The molecule has 0 saturated carbocycles. The molecule has 1 saturated heterocycles. The molecule has 6 heteroatoms. The molecule has 0 bridgehead atoms. The van der Waals surface area contributed by atoms with E-state index in [1.54, 1.807) is 23.1 Å². The van der Waals surface area contributed by atoms with Crippen molar-refractivity contribution in [3.8, 4) is 5.75 Å². The van der Waals surface area contributed by atoms with E-state index in [1.165, 1.54) is 0 Å². The lowest BCUT2D eigenvalue weighted by Gasteiger charge is -2.34. The molecule has 1 fully saturated rings. The maximum Gasteiger partial charge on any atom is 0.317 e. The predicted octanol–water partition coefficient (Wildman–Crippen LogP) is 1.69. The average molecular weight is 306 g/mol. The maximum atomic E-state index is 12.1. The number of hydrogen-bond donors (Lipinski definition) is 3. The number of carboxylic acid groups (broad SMARTS) is 1. The number of benzene rings is 1. The van der Waals surface area contributed by atoms with Gasteiger partial charge in [0.2, 0.25) is 0 Å². The van der Waals surface area contributed by atoms with Crippen LogP contribution in [-0.4, -0.2) is 46.7 Å². The van der Waals surface area contributed by atoms with Crippen molar-refractivity contribution in [1.29, 1.82) is 0 Å². The van der Waals surface area contributed by atoms with Gasteiger partial charge in [0.05, 0.1) is 5.92 Å². The predicted molar refractivity (Wildman–Crippen MR) is 81.7 cm³/mol. The molecule has 2 rings (SSSR count). The Kier molecular flexibility index (Phi) is 5.25. The van der Waals surface area contributed by atoms with Gasteiger partial charge in [0, 0.05) is 19.6 Å². The zero-order valence-electron chi connectivity index (χ0n) is 12.7. The van der Waals surface area contributed by atoms with Gasteiger partial charge in [-0.2, -0.15) is 0 Å². The molecule has 2 unspecified atom stereocenters. The van der Waals surface area contributed by atoms with Gasteiger partial charge in [-0.15, -0.1) is 0 Å². The van der Waals surface area contributed by atoms with E-state index in [4.69, 9.17) is 5.11 Å². The van der Waals surface area contributed by atoms with Crippen LogP contribution < -0.4 is 5.32 Å². The highest BCUT2D eigenvalue weighted by atomic mass is 16.4. The summed E-state index contributed by atoms with van der Waals surface area (Å²) in [5, 5.41) is 21.3. The third-order valence-electron chi connectivity index (χ3n) is 3.90. The second kappa shape index (κ2) is 7.15. The molecule has 0 radical (unpaired) electrons. The number of aromatic hydroxyl groups is 1. The molecule has 2 amide bonds. The van der Waals surface area contributed by atoms with Crippen molar-refractivity contribution in [2.24, 2.45) is 11.8 Å². The first-order valence-corrected chi connectivity index (χ1v) is 7.49. The van der Waals surface area contributed by atoms with Crippen LogP contribution in [0.25, 0.3) is 0 Å². The number of carbonyl (C=O) groups excluding carboxylic acids is 1. The Morgan fingerprint density at radius 2 is 2.14 bits per heavy atom. The van der Waals surface area contributed by atoms with Crippen LogP contribution in [-0.2, 0) is 11.2 Å². The van der Waals surface area contributed by atoms with Crippen LogP contribution in [0.3, 0.4) is 0 Å². The maximum absolute atomic E-state index is 12.1. The number of urea groups is 1. The Morgan fingerprint density at radius 3 is 2.82 bits per heavy atom. The summed E-state index contributed by atoms with van der Waals surface area (Å²) in [4.78, 5) is 24.8. The minimum Gasteiger partial charge on any atom is -0.508 e. The van der Waals surface area contributed by atoms with Gasteiger partial charge in [-0.25, -0.2) is 4.79 Å². The molecule has 0 aromatic heterocycles. The fraction of sp³-hybridized carbons (Fsp3) is 0.500. The molecule has 120 valence electrons. The van der Waals surface area contributed by atoms with E-state index in [0.717, 1.165) is 5.56 Å². The summed E-state index contributed by atoms with van der Waals surface area (Å²) in [5.41, 5.74) is 0.940. The summed E-state index contributed by atoms with van der Waals surface area (Å²) in [6.07, 6.45) is 1.23. The van der Waals surface area contributed by atoms with Crippen molar-refractivity contribution in [3.05, 3.63) is 29.8 Å². The second-order valence-corrected chi connectivity index (χ2v) is 5.93. The smallest absolute Gasteiger partial charge is 0.317 e. The number of amides is 2. The molecule has 0 aliphatic carbocycles. The molecule has 22 heavy (non-hydrogen) atoms. The molecule has 1 heterocycles. The van der Waals surface area contributed by atoms with Crippen LogP contribution in [0, 0.1) is 11.8 Å². The van der Waals surface area contributed by atoms with Crippen LogP contribution in [0.5, 0.6) is 5.75 Å².